The van der Waals surface area contributed by atoms with Gasteiger partial charge >= 0.3 is 0 Å². The lowest BCUT2D eigenvalue weighted by Crippen LogP contribution is -2.48. The SMILES string of the molecule is CC(COC(CC(C)CC(O)O)C(CO)(CO)CO)CC(O)O. The van der Waals surface area contributed by atoms with Crippen LogP contribution in [0.1, 0.15) is 33.1 Å². The number of aliphatic hydroxyl groups excluding tert-OH is 5. The molecule has 23 heavy (non-hydrogen) atoms. The smallest absolute Gasteiger partial charge is 0.151 e. The van der Waals surface area contributed by atoms with Crippen molar-refractivity contribution < 1.29 is 40.5 Å². The lowest BCUT2D eigenvalue weighted by molar-refractivity contribution is -0.136. The van der Waals surface area contributed by atoms with E-state index in [-0.39, 0.29) is 31.3 Å². The molecule has 0 aromatic carbocycles. The van der Waals surface area contributed by atoms with Gasteiger partial charge < -0.3 is 40.5 Å². The van der Waals surface area contributed by atoms with Crippen LogP contribution in [-0.4, -0.2) is 80.9 Å². The zero-order valence-corrected chi connectivity index (χ0v) is 13.9. The summed E-state index contributed by atoms with van der Waals surface area (Å²) < 4.78 is 5.73. The Kier molecular flexibility index (Phi) is 11.1. The number of hydrogen-bond acceptors (Lipinski definition) is 8. The molecule has 140 valence electrons. The minimum atomic E-state index is -1.47. The molecule has 0 aliphatic rings. The van der Waals surface area contributed by atoms with Crippen molar-refractivity contribution in [2.24, 2.45) is 17.3 Å². The Labute approximate surface area is 137 Å². The minimum absolute atomic E-state index is 0.100. The van der Waals surface area contributed by atoms with E-state index in [9.17, 15) is 15.3 Å². The molecule has 0 radical (unpaired) electrons. The lowest BCUT2D eigenvalue weighted by atomic mass is 9.79. The van der Waals surface area contributed by atoms with Crippen LogP contribution in [0.15, 0.2) is 0 Å². The highest BCUT2D eigenvalue weighted by atomic mass is 16.5. The van der Waals surface area contributed by atoms with E-state index >= 15 is 0 Å². The molecular formula is C15H32O8. The van der Waals surface area contributed by atoms with E-state index < -0.39 is 43.9 Å². The van der Waals surface area contributed by atoms with E-state index in [4.69, 9.17) is 25.2 Å². The maximum atomic E-state index is 9.57. The molecule has 0 saturated heterocycles. The van der Waals surface area contributed by atoms with Crippen LogP contribution in [-0.2, 0) is 4.74 Å². The largest absolute Gasteiger partial charge is 0.396 e. The molecule has 0 rings (SSSR count). The van der Waals surface area contributed by atoms with Gasteiger partial charge in [-0.1, -0.05) is 13.8 Å². The van der Waals surface area contributed by atoms with E-state index in [1.807, 2.05) is 0 Å². The lowest BCUT2D eigenvalue weighted by Gasteiger charge is -2.38. The first kappa shape index (κ1) is 22.7. The Bertz CT molecular complexity index is 285. The topological polar surface area (TPSA) is 151 Å². The van der Waals surface area contributed by atoms with Gasteiger partial charge in [0, 0.05) is 19.4 Å². The second-order valence-electron chi connectivity index (χ2n) is 6.54. The van der Waals surface area contributed by atoms with Crippen LogP contribution in [0.25, 0.3) is 0 Å². The number of hydrogen-bond donors (Lipinski definition) is 7. The van der Waals surface area contributed by atoms with E-state index in [2.05, 4.69) is 0 Å². The molecule has 8 heteroatoms. The molecule has 3 unspecified atom stereocenters. The van der Waals surface area contributed by atoms with E-state index in [0.29, 0.717) is 6.42 Å². The van der Waals surface area contributed by atoms with Gasteiger partial charge in [0.05, 0.1) is 31.3 Å². The average Bonchev–Trinajstić information content (AvgIpc) is 2.45. The molecule has 0 aliphatic carbocycles. The summed E-state index contributed by atoms with van der Waals surface area (Å²) in [6.07, 6.45) is -3.12. The first-order valence-electron chi connectivity index (χ1n) is 7.87. The van der Waals surface area contributed by atoms with Crippen LogP contribution in [0.4, 0.5) is 0 Å². The Morgan fingerprint density at radius 1 is 0.739 bits per heavy atom. The second-order valence-corrected chi connectivity index (χ2v) is 6.54. The van der Waals surface area contributed by atoms with Crippen LogP contribution >= 0.6 is 0 Å². The summed E-state index contributed by atoms with van der Waals surface area (Å²) in [5, 5.41) is 64.7. The van der Waals surface area contributed by atoms with Crippen LogP contribution < -0.4 is 0 Å². The van der Waals surface area contributed by atoms with Gasteiger partial charge in [-0.2, -0.15) is 0 Å². The molecule has 3 atom stereocenters. The normalized spacial score (nSPS) is 16.8. The molecule has 0 aliphatic heterocycles. The Morgan fingerprint density at radius 2 is 1.17 bits per heavy atom. The molecule has 0 aromatic heterocycles. The van der Waals surface area contributed by atoms with E-state index in [1.165, 1.54) is 0 Å². The first-order chi connectivity index (χ1) is 10.7. The van der Waals surface area contributed by atoms with Crippen LogP contribution in [0.2, 0.25) is 0 Å². The molecular weight excluding hydrogens is 308 g/mol. The predicted octanol–water partition coefficient (Wildman–Crippen LogP) is -1.60. The maximum Gasteiger partial charge on any atom is 0.151 e. The van der Waals surface area contributed by atoms with Gasteiger partial charge in [0.1, 0.15) is 0 Å². The van der Waals surface area contributed by atoms with Gasteiger partial charge in [0.25, 0.3) is 0 Å². The van der Waals surface area contributed by atoms with Gasteiger partial charge in [-0.15, -0.1) is 0 Å². The Morgan fingerprint density at radius 3 is 1.57 bits per heavy atom. The highest BCUT2D eigenvalue weighted by Crippen LogP contribution is 2.30. The van der Waals surface area contributed by atoms with Crippen molar-refractivity contribution >= 4 is 0 Å². The molecule has 0 bridgehead atoms. The van der Waals surface area contributed by atoms with Crippen molar-refractivity contribution in [2.45, 2.75) is 51.8 Å². The van der Waals surface area contributed by atoms with Crippen molar-refractivity contribution in [3.05, 3.63) is 0 Å². The number of ether oxygens (including phenoxy) is 1. The standard InChI is InChI=1S/C15H32O8/c1-10(4-13(19)20)3-12(15(7-16,8-17)9-18)23-6-11(2)5-14(21)22/h10-14,16-22H,3-9H2,1-2H3. The fourth-order valence-corrected chi connectivity index (χ4v) is 2.48. The van der Waals surface area contributed by atoms with Gasteiger partial charge in [-0.3, -0.25) is 0 Å². The summed E-state index contributed by atoms with van der Waals surface area (Å²) in [6.45, 7) is 2.21. The molecule has 8 nitrogen and oxygen atoms in total. The summed E-state index contributed by atoms with van der Waals surface area (Å²) in [6, 6.07) is 0. The van der Waals surface area contributed by atoms with Crippen molar-refractivity contribution in [3.63, 3.8) is 0 Å². The number of rotatable bonds is 13. The summed E-state index contributed by atoms with van der Waals surface area (Å²) >= 11 is 0. The third kappa shape index (κ3) is 8.37. The summed E-state index contributed by atoms with van der Waals surface area (Å²) in [4.78, 5) is 0. The van der Waals surface area contributed by atoms with Crippen molar-refractivity contribution in [1.82, 2.24) is 0 Å². The predicted molar refractivity (Wildman–Crippen MR) is 82.1 cm³/mol. The van der Waals surface area contributed by atoms with Crippen LogP contribution in [0.3, 0.4) is 0 Å². The molecule has 0 saturated carbocycles. The maximum absolute atomic E-state index is 9.57. The second kappa shape index (κ2) is 11.3. The monoisotopic (exact) mass is 340 g/mol. The molecule has 0 amide bonds. The molecule has 7 N–H and O–H groups in total. The third-order valence-electron chi connectivity index (χ3n) is 4.05. The fourth-order valence-electron chi connectivity index (χ4n) is 2.48. The summed E-state index contributed by atoms with van der Waals surface area (Å²) in [5.41, 5.74) is -1.26. The van der Waals surface area contributed by atoms with Gasteiger partial charge in [-0.05, 0) is 18.3 Å². The quantitative estimate of drug-likeness (QED) is 0.198. The fraction of sp³-hybridized carbons (Fsp3) is 1.00. The third-order valence-corrected chi connectivity index (χ3v) is 4.05. The Hall–Kier alpha value is -0.320. The highest BCUT2D eigenvalue weighted by molar-refractivity contribution is 4.87. The van der Waals surface area contributed by atoms with E-state index in [0.717, 1.165) is 0 Å². The van der Waals surface area contributed by atoms with Crippen molar-refractivity contribution in [1.29, 1.82) is 0 Å². The van der Waals surface area contributed by atoms with Gasteiger partial charge in [0.2, 0.25) is 0 Å². The van der Waals surface area contributed by atoms with Crippen molar-refractivity contribution in [3.8, 4) is 0 Å². The van der Waals surface area contributed by atoms with Gasteiger partial charge in [-0.25, -0.2) is 0 Å². The highest BCUT2D eigenvalue weighted by Gasteiger charge is 2.39. The zero-order valence-electron chi connectivity index (χ0n) is 13.9. The Balaban J connectivity index is 4.91. The number of aliphatic hydroxyl groups is 7. The van der Waals surface area contributed by atoms with Crippen LogP contribution in [0, 0.1) is 17.3 Å². The van der Waals surface area contributed by atoms with Crippen LogP contribution in [0.5, 0.6) is 0 Å². The van der Waals surface area contributed by atoms with Crippen molar-refractivity contribution in [2.75, 3.05) is 26.4 Å². The zero-order chi connectivity index (χ0) is 18.0. The van der Waals surface area contributed by atoms with E-state index in [1.54, 1.807) is 13.8 Å². The molecule has 0 spiro atoms. The molecule has 0 heterocycles. The summed E-state index contributed by atoms with van der Waals surface area (Å²) in [5.74, 6) is -0.354. The molecule has 0 aromatic rings. The molecule has 0 fully saturated rings. The average molecular weight is 340 g/mol. The first-order valence-corrected chi connectivity index (χ1v) is 7.87. The van der Waals surface area contributed by atoms with Gasteiger partial charge in [0.15, 0.2) is 12.6 Å². The summed E-state index contributed by atoms with van der Waals surface area (Å²) in [7, 11) is 0. The minimum Gasteiger partial charge on any atom is -0.396 e.